The monoisotopic (exact) mass is 358 g/mol. The molecule has 4 nitrogen and oxygen atoms in total. The van der Waals surface area contributed by atoms with Gasteiger partial charge in [-0.15, -0.1) is 0 Å². The number of amides is 2. The lowest BCUT2D eigenvalue weighted by Crippen LogP contribution is -2.15. The van der Waals surface area contributed by atoms with Crippen LogP contribution in [-0.4, -0.2) is 11.8 Å². The number of nitrogens with one attached hydrogen (secondary N) is 2. The number of hydrogen-bond donors (Lipinski definition) is 2. The second kappa shape index (κ2) is 8.67. The molecule has 2 rings (SSSR count). The normalized spacial score (nSPS) is 10.6. The zero-order valence-corrected chi connectivity index (χ0v) is 15.5. The fraction of sp³-hybridized carbons (Fsp3) is 0.300. The zero-order chi connectivity index (χ0) is 18.4. The second-order valence-corrected chi connectivity index (χ2v) is 6.92. The number of hydrogen-bond acceptors (Lipinski definition) is 2. The summed E-state index contributed by atoms with van der Waals surface area (Å²) < 4.78 is 0. The number of carbonyl (C=O) groups is 2. The van der Waals surface area contributed by atoms with Gasteiger partial charge in [0.05, 0.1) is 17.1 Å². The Morgan fingerprint density at radius 3 is 2.24 bits per heavy atom. The average Bonchev–Trinajstić information content (AvgIpc) is 2.51. The predicted octanol–water partition coefficient (Wildman–Crippen LogP) is 4.68. The fourth-order valence-electron chi connectivity index (χ4n) is 2.54. The van der Waals surface area contributed by atoms with Crippen LogP contribution < -0.4 is 10.6 Å². The number of halogens is 1. The van der Waals surface area contributed by atoms with E-state index in [1.165, 1.54) is 12.5 Å². The van der Waals surface area contributed by atoms with E-state index in [0.717, 1.165) is 12.0 Å². The Morgan fingerprint density at radius 1 is 1.00 bits per heavy atom. The van der Waals surface area contributed by atoms with Crippen LogP contribution in [0, 0.1) is 5.92 Å². The Morgan fingerprint density at radius 2 is 1.64 bits per heavy atom. The van der Waals surface area contributed by atoms with Crippen molar-refractivity contribution in [2.24, 2.45) is 5.92 Å². The van der Waals surface area contributed by atoms with Crippen molar-refractivity contribution in [2.45, 2.75) is 33.6 Å². The van der Waals surface area contributed by atoms with Gasteiger partial charge in [-0.05, 0) is 41.7 Å². The highest BCUT2D eigenvalue weighted by Crippen LogP contribution is 2.25. The highest BCUT2D eigenvalue weighted by molar-refractivity contribution is 6.33. The molecule has 2 aromatic carbocycles. The first-order valence-corrected chi connectivity index (χ1v) is 8.66. The molecule has 0 aliphatic carbocycles. The second-order valence-electron chi connectivity index (χ2n) is 6.52. The maximum atomic E-state index is 12.2. The maximum absolute atomic E-state index is 12.2. The number of rotatable bonds is 6. The van der Waals surface area contributed by atoms with Crippen molar-refractivity contribution in [1.82, 2.24) is 0 Å². The van der Waals surface area contributed by atoms with Crippen LogP contribution in [0.5, 0.6) is 0 Å². The van der Waals surface area contributed by atoms with Gasteiger partial charge < -0.3 is 10.6 Å². The van der Waals surface area contributed by atoms with Gasteiger partial charge in [0.25, 0.3) is 0 Å². The summed E-state index contributed by atoms with van der Waals surface area (Å²) in [6.45, 7) is 5.77. The van der Waals surface area contributed by atoms with Gasteiger partial charge >= 0.3 is 0 Å². The molecule has 0 aliphatic rings. The van der Waals surface area contributed by atoms with Crippen LogP contribution in [-0.2, 0) is 22.4 Å². The third kappa shape index (κ3) is 6.24. The van der Waals surface area contributed by atoms with Gasteiger partial charge in [-0.2, -0.15) is 0 Å². The number of carbonyl (C=O) groups excluding carboxylic acids is 2. The topological polar surface area (TPSA) is 58.2 Å². The summed E-state index contributed by atoms with van der Waals surface area (Å²) in [6.07, 6.45) is 1.32. The van der Waals surface area contributed by atoms with Crippen molar-refractivity contribution in [2.75, 3.05) is 10.6 Å². The standard InChI is InChI=1S/C20H23ClN2O2/c1-13(2)10-15-4-6-16(7-5-15)11-20(25)23-17-8-9-18(21)19(12-17)22-14(3)24/h4-9,12-13H,10-11H2,1-3H3,(H,22,24)(H,23,25). The summed E-state index contributed by atoms with van der Waals surface area (Å²) in [7, 11) is 0. The molecule has 132 valence electrons. The van der Waals surface area contributed by atoms with E-state index in [1.807, 2.05) is 12.1 Å². The van der Waals surface area contributed by atoms with Crippen LogP contribution in [0.2, 0.25) is 5.02 Å². The molecule has 2 amide bonds. The minimum absolute atomic E-state index is 0.118. The van der Waals surface area contributed by atoms with E-state index < -0.39 is 0 Å². The molecule has 0 aliphatic heterocycles. The van der Waals surface area contributed by atoms with Gasteiger partial charge in [0, 0.05) is 12.6 Å². The summed E-state index contributed by atoms with van der Waals surface area (Å²) in [4.78, 5) is 23.4. The summed E-state index contributed by atoms with van der Waals surface area (Å²) in [5, 5.41) is 5.89. The summed E-state index contributed by atoms with van der Waals surface area (Å²) >= 11 is 6.03. The lowest BCUT2D eigenvalue weighted by atomic mass is 10.0. The Hall–Kier alpha value is -2.33. The van der Waals surface area contributed by atoms with Crippen molar-refractivity contribution in [1.29, 1.82) is 0 Å². The van der Waals surface area contributed by atoms with Crippen LogP contribution in [0.1, 0.15) is 31.9 Å². The molecule has 0 unspecified atom stereocenters. The van der Waals surface area contributed by atoms with Crippen LogP contribution in [0.25, 0.3) is 0 Å². The van der Waals surface area contributed by atoms with Crippen LogP contribution in [0.15, 0.2) is 42.5 Å². The largest absolute Gasteiger partial charge is 0.326 e. The van der Waals surface area contributed by atoms with Gasteiger partial charge in [0.2, 0.25) is 11.8 Å². The molecular weight excluding hydrogens is 336 g/mol. The van der Waals surface area contributed by atoms with Crippen molar-refractivity contribution in [3.05, 3.63) is 58.6 Å². The van der Waals surface area contributed by atoms with Crippen LogP contribution in [0.3, 0.4) is 0 Å². The van der Waals surface area contributed by atoms with Gasteiger partial charge in [-0.25, -0.2) is 0 Å². The quantitative estimate of drug-likeness (QED) is 0.787. The molecule has 2 aromatic rings. The predicted molar refractivity (Wildman–Crippen MR) is 103 cm³/mol. The minimum Gasteiger partial charge on any atom is -0.326 e. The lowest BCUT2D eigenvalue weighted by Gasteiger charge is -2.10. The van der Waals surface area contributed by atoms with Crippen LogP contribution in [0.4, 0.5) is 11.4 Å². The molecule has 0 saturated heterocycles. The van der Waals surface area contributed by atoms with E-state index >= 15 is 0 Å². The Labute approximate surface area is 153 Å². The third-order valence-electron chi connectivity index (χ3n) is 3.59. The molecular formula is C20H23ClN2O2. The summed E-state index contributed by atoms with van der Waals surface area (Å²) in [6, 6.07) is 13.1. The highest BCUT2D eigenvalue weighted by Gasteiger charge is 2.08. The van der Waals surface area contributed by atoms with E-state index in [1.54, 1.807) is 18.2 Å². The first-order chi connectivity index (χ1) is 11.8. The van der Waals surface area contributed by atoms with Gasteiger partial charge in [0.1, 0.15) is 0 Å². The molecule has 2 N–H and O–H groups in total. The number of benzene rings is 2. The molecule has 0 radical (unpaired) electrons. The molecule has 25 heavy (non-hydrogen) atoms. The van der Waals surface area contributed by atoms with Crippen molar-refractivity contribution in [3.63, 3.8) is 0 Å². The zero-order valence-electron chi connectivity index (χ0n) is 14.7. The SMILES string of the molecule is CC(=O)Nc1cc(NC(=O)Cc2ccc(CC(C)C)cc2)ccc1Cl. The van der Waals surface area contributed by atoms with Gasteiger partial charge in [-0.3, -0.25) is 9.59 Å². The molecule has 0 bridgehead atoms. The Balaban J connectivity index is 1.99. The first-order valence-electron chi connectivity index (χ1n) is 8.28. The molecule has 0 atom stereocenters. The van der Waals surface area contributed by atoms with E-state index in [2.05, 4.69) is 36.6 Å². The van der Waals surface area contributed by atoms with E-state index in [9.17, 15) is 9.59 Å². The molecule has 0 saturated carbocycles. The van der Waals surface area contributed by atoms with E-state index in [4.69, 9.17) is 11.6 Å². The molecule has 0 heterocycles. The van der Waals surface area contributed by atoms with E-state index in [-0.39, 0.29) is 11.8 Å². The highest BCUT2D eigenvalue weighted by atomic mass is 35.5. The first kappa shape index (κ1) is 19.0. The molecule has 0 spiro atoms. The van der Waals surface area contributed by atoms with Gasteiger partial charge in [-0.1, -0.05) is 49.7 Å². The lowest BCUT2D eigenvalue weighted by molar-refractivity contribution is -0.115. The fourth-order valence-corrected chi connectivity index (χ4v) is 2.71. The van der Waals surface area contributed by atoms with Gasteiger partial charge in [0.15, 0.2) is 0 Å². The summed E-state index contributed by atoms with van der Waals surface area (Å²) in [5.41, 5.74) is 3.30. The summed E-state index contributed by atoms with van der Waals surface area (Å²) in [5.74, 6) is 0.274. The van der Waals surface area contributed by atoms with Crippen LogP contribution >= 0.6 is 11.6 Å². The average molecular weight is 359 g/mol. The van der Waals surface area contributed by atoms with Crippen molar-refractivity contribution < 1.29 is 9.59 Å². The van der Waals surface area contributed by atoms with Crippen molar-refractivity contribution in [3.8, 4) is 0 Å². The van der Waals surface area contributed by atoms with Crippen molar-refractivity contribution >= 4 is 34.8 Å². The molecule has 0 fully saturated rings. The molecule has 5 heteroatoms. The van der Waals surface area contributed by atoms with E-state index in [0.29, 0.717) is 28.7 Å². The minimum atomic E-state index is -0.216. The number of anilines is 2. The Kier molecular flexibility index (Phi) is 6.59. The molecule has 0 aromatic heterocycles. The maximum Gasteiger partial charge on any atom is 0.228 e. The third-order valence-corrected chi connectivity index (χ3v) is 3.92. The Bertz CT molecular complexity index is 755. The smallest absolute Gasteiger partial charge is 0.228 e.